The van der Waals surface area contributed by atoms with Crippen molar-refractivity contribution in [1.29, 1.82) is 0 Å². The number of halogens is 4. The van der Waals surface area contributed by atoms with Crippen molar-refractivity contribution in [2.45, 2.75) is 25.3 Å². The molecule has 4 rings (SSSR count). The lowest BCUT2D eigenvalue weighted by Crippen LogP contribution is -2.38. The smallest absolute Gasteiger partial charge is 0.123 e. The maximum Gasteiger partial charge on any atom is 0.123 e. The van der Waals surface area contributed by atoms with Crippen LogP contribution in [0.25, 0.3) is 0 Å². The van der Waals surface area contributed by atoms with E-state index >= 15 is 0 Å². The van der Waals surface area contributed by atoms with Gasteiger partial charge in [0.2, 0.25) is 0 Å². The van der Waals surface area contributed by atoms with E-state index in [0.717, 1.165) is 55.9 Å². The van der Waals surface area contributed by atoms with Crippen LogP contribution in [0, 0.1) is 17.6 Å². The van der Waals surface area contributed by atoms with Gasteiger partial charge in [0.05, 0.1) is 12.6 Å². The fourth-order valence-electron chi connectivity index (χ4n) is 4.37. The number of piperidine rings is 1. The van der Waals surface area contributed by atoms with Gasteiger partial charge in [-0.05, 0) is 92.4 Å². The number of ether oxygens (including phenoxy) is 1. The first-order valence-electron chi connectivity index (χ1n) is 11.4. The summed E-state index contributed by atoms with van der Waals surface area (Å²) in [6.07, 6.45) is 3.10. The van der Waals surface area contributed by atoms with Gasteiger partial charge in [-0.2, -0.15) is 0 Å². The average molecular weight is 527 g/mol. The molecule has 0 amide bonds. The van der Waals surface area contributed by atoms with Crippen molar-refractivity contribution in [3.8, 4) is 5.75 Å². The maximum absolute atomic E-state index is 13.5. The first-order valence-corrected chi connectivity index (χ1v) is 11.4. The van der Waals surface area contributed by atoms with Gasteiger partial charge in [-0.3, -0.25) is 0 Å². The zero-order valence-corrected chi connectivity index (χ0v) is 21.2. The van der Waals surface area contributed by atoms with Gasteiger partial charge in [0.25, 0.3) is 0 Å². The largest absolute Gasteiger partial charge is 0.494 e. The van der Waals surface area contributed by atoms with Crippen LogP contribution in [-0.2, 0) is 0 Å². The Morgan fingerprint density at radius 1 is 0.829 bits per heavy atom. The van der Waals surface area contributed by atoms with Crippen LogP contribution in [0.4, 0.5) is 14.5 Å². The number of hydrogen-bond acceptors (Lipinski definition) is 3. The van der Waals surface area contributed by atoms with Crippen molar-refractivity contribution in [3.63, 3.8) is 0 Å². The molecule has 1 unspecified atom stereocenters. The fraction of sp³-hybridized carbons (Fsp3) is 0.333. The number of nitrogens with zero attached hydrogens (tertiary/aromatic N) is 1. The van der Waals surface area contributed by atoms with Gasteiger partial charge in [-0.15, -0.1) is 24.8 Å². The molecule has 3 aromatic carbocycles. The molecule has 1 aliphatic heterocycles. The Bertz CT molecular complexity index is 955. The molecule has 0 bridgehead atoms. The first-order chi connectivity index (χ1) is 15.7. The van der Waals surface area contributed by atoms with E-state index in [1.54, 1.807) is 12.1 Å². The van der Waals surface area contributed by atoms with Crippen molar-refractivity contribution < 1.29 is 19.0 Å². The highest BCUT2D eigenvalue weighted by Crippen LogP contribution is 2.34. The molecular weight excluding hydrogens is 493 g/mol. The topological polar surface area (TPSA) is 56.0 Å². The summed E-state index contributed by atoms with van der Waals surface area (Å²) >= 11 is 0. The molecule has 3 N–H and O–H groups in total. The highest BCUT2D eigenvalue weighted by atomic mass is 35.5. The lowest BCUT2D eigenvalue weighted by molar-refractivity contribution is 0.161. The Morgan fingerprint density at radius 2 is 1.40 bits per heavy atom. The summed E-state index contributed by atoms with van der Waals surface area (Å²) in [4.78, 5) is 2.49. The number of hydrogen-bond donors (Lipinski definition) is 1. The van der Waals surface area contributed by atoms with Crippen molar-refractivity contribution >= 4 is 30.5 Å². The summed E-state index contributed by atoms with van der Waals surface area (Å²) in [5.74, 6) is 0.850. The number of benzene rings is 3. The molecule has 0 aliphatic carbocycles. The summed E-state index contributed by atoms with van der Waals surface area (Å²) in [6.45, 7) is 3.79. The summed E-state index contributed by atoms with van der Waals surface area (Å²) < 4.78 is 32.6. The van der Waals surface area contributed by atoms with E-state index in [0.29, 0.717) is 12.5 Å². The third kappa shape index (κ3) is 9.30. The van der Waals surface area contributed by atoms with Gasteiger partial charge in [0.1, 0.15) is 17.4 Å². The molecule has 192 valence electrons. The number of nitrogens with one attached hydrogen (secondary N) is 1. The third-order valence-corrected chi connectivity index (χ3v) is 6.13. The van der Waals surface area contributed by atoms with Gasteiger partial charge >= 0.3 is 0 Å². The summed E-state index contributed by atoms with van der Waals surface area (Å²) in [7, 11) is 0. The summed E-state index contributed by atoms with van der Waals surface area (Å²) in [5, 5.41) is 3.57. The SMILES string of the molecule is Cl.Cl.Fc1ccc(NC(c2ccc(F)cc2)C2CCN(CCCOc3ccccc3)CC2)cc1.O. The highest BCUT2D eigenvalue weighted by Gasteiger charge is 2.27. The lowest BCUT2D eigenvalue weighted by Gasteiger charge is -2.37. The third-order valence-electron chi connectivity index (χ3n) is 6.13. The Labute approximate surface area is 218 Å². The molecular formula is C27H34Cl2F2N2O2. The van der Waals surface area contributed by atoms with Crippen molar-refractivity contribution in [2.75, 3.05) is 31.6 Å². The second-order valence-electron chi connectivity index (χ2n) is 8.37. The number of rotatable bonds is 9. The van der Waals surface area contributed by atoms with Crippen LogP contribution >= 0.6 is 24.8 Å². The molecule has 8 heteroatoms. The molecule has 1 fully saturated rings. The van der Waals surface area contributed by atoms with E-state index in [1.807, 2.05) is 42.5 Å². The van der Waals surface area contributed by atoms with E-state index in [9.17, 15) is 8.78 Å². The molecule has 0 radical (unpaired) electrons. The van der Waals surface area contributed by atoms with E-state index in [4.69, 9.17) is 4.74 Å². The van der Waals surface area contributed by atoms with Gasteiger partial charge in [0, 0.05) is 12.2 Å². The van der Waals surface area contributed by atoms with Crippen molar-refractivity contribution in [3.05, 3.63) is 96.1 Å². The van der Waals surface area contributed by atoms with Crippen LogP contribution in [0.1, 0.15) is 30.9 Å². The van der Waals surface area contributed by atoms with Crippen LogP contribution in [0.3, 0.4) is 0 Å². The number of anilines is 1. The molecule has 4 nitrogen and oxygen atoms in total. The lowest BCUT2D eigenvalue weighted by atomic mass is 9.85. The average Bonchev–Trinajstić information content (AvgIpc) is 2.83. The molecule has 1 atom stereocenters. The quantitative estimate of drug-likeness (QED) is 0.332. The molecule has 35 heavy (non-hydrogen) atoms. The van der Waals surface area contributed by atoms with Crippen molar-refractivity contribution in [1.82, 2.24) is 4.90 Å². The van der Waals surface area contributed by atoms with Crippen LogP contribution < -0.4 is 10.1 Å². The van der Waals surface area contributed by atoms with E-state index < -0.39 is 0 Å². The van der Waals surface area contributed by atoms with Gasteiger partial charge in [-0.25, -0.2) is 8.78 Å². The monoisotopic (exact) mass is 526 g/mol. The zero-order valence-electron chi connectivity index (χ0n) is 19.5. The van der Waals surface area contributed by atoms with Gasteiger partial charge in [0.15, 0.2) is 0 Å². The second-order valence-corrected chi connectivity index (χ2v) is 8.37. The summed E-state index contributed by atoms with van der Waals surface area (Å²) in [5.41, 5.74) is 1.94. The van der Waals surface area contributed by atoms with Crippen LogP contribution in [0.5, 0.6) is 5.75 Å². The Hall–Kier alpha value is -2.38. The van der Waals surface area contributed by atoms with E-state index in [1.165, 1.54) is 24.3 Å². The molecule has 1 aliphatic rings. The van der Waals surface area contributed by atoms with Crippen molar-refractivity contribution in [2.24, 2.45) is 5.92 Å². The molecule has 0 aromatic heterocycles. The maximum atomic E-state index is 13.5. The van der Waals surface area contributed by atoms with Gasteiger partial charge in [-0.1, -0.05) is 30.3 Å². The normalized spacial score (nSPS) is 14.6. The summed E-state index contributed by atoms with van der Waals surface area (Å²) in [6, 6.07) is 23.1. The molecule has 3 aromatic rings. The van der Waals surface area contributed by atoms with E-state index in [-0.39, 0.29) is 48.0 Å². The predicted molar refractivity (Wildman–Crippen MR) is 143 cm³/mol. The number of para-hydroxylation sites is 1. The van der Waals surface area contributed by atoms with Crippen LogP contribution in [0.2, 0.25) is 0 Å². The Kier molecular flexibility index (Phi) is 13.6. The molecule has 0 saturated carbocycles. The highest BCUT2D eigenvalue weighted by molar-refractivity contribution is 5.85. The fourth-order valence-corrected chi connectivity index (χ4v) is 4.37. The van der Waals surface area contributed by atoms with E-state index in [2.05, 4.69) is 10.2 Å². The first kappa shape index (κ1) is 30.7. The van der Waals surface area contributed by atoms with Gasteiger partial charge < -0.3 is 20.4 Å². The molecule has 1 heterocycles. The predicted octanol–water partition coefficient (Wildman–Crippen LogP) is 6.32. The second kappa shape index (κ2) is 15.6. The van der Waals surface area contributed by atoms with Crippen LogP contribution in [-0.4, -0.2) is 36.6 Å². The standard InChI is InChI=1S/C27H30F2N2O.2ClH.H2O/c28-23-9-7-21(8-10-23)27(30-25-13-11-24(29)12-14-25)22-15-18-31(19-16-22)17-4-20-32-26-5-2-1-3-6-26;;;/h1-3,5-14,22,27,30H,4,15-20H2;2*1H;1H2. The Balaban J connectivity index is 0.00000204. The minimum atomic E-state index is -0.251. The molecule has 1 saturated heterocycles. The van der Waals surface area contributed by atoms with Crippen LogP contribution in [0.15, 0.2) is 78.9 Å². The zero-order chi connectivity index (χ0) is 22.2. The Morgan fingerprint density at radius 3 is 2.00 bits per heavy atom. The molecule has 0 spiro atoms. The minimum Gasteiger partial charge on any atom is -0.494 e. The number of likely N-dealkylation sites (tertiary alicyclic amines) is 1. The minimum absolute atomic E-state index is 0.